The molecule has 0 spiro atoms. The van der Waals surface area contributed by atoms with Crippen LogP contribution in [0.3, 0.4) is 0 Å². The number of carboxylic acids is 4. The normalized spacial score (nSPS) is 11.6. The quantitative estimate of drug-likeness (QED) is 0.178. The number of aromatic carboxylic acids is 4. The van der Waals surface area contributed by atoms with Gasteiger partial charge in [0, 0.05) is 10.8 Å². The summed E-state index contributed by atoms with van der Waals surface area (Å²) in [5.41, 5.74) is 0.697. The highest BCUT2D eigenvalue weighted by molar-refractivity contribution is 6.39. The van der Waals surface area contributed by atoms with E-state index in [1.54, 1.807) is 12.1 Å². The Morgan fingerprint density at radius 3 is 1.11 bits per heavy atom. The van der Waals surface area contributed by atoms with E-state index in [-0.39, 0.29) is 33.0 Å². The zero-order valence-corrected chi connectivity index (χ0v) is 19.3. The molecule has 5 rings (SSSR count). The fourth-order valence-electron chi connectivity index (χ4n) is 5.53. The highest BCUT2D eigenvalue weighted by Crippen LogP contribution is 2.46. The molecule has 8 heteroatoms. The molecule has 0 saturated carbocycles. The average Bonchev–Trinajstić information content (AvgIpc) is 2.84. The fourth-order valence-corrected chi connectivity index (χ4v) is 5.53. The molecule has 0 radical (unpaired) electrons. The summed E-state index contributed by atoms with van der Waals surface area (Å²) in [5, 5.41) is 43.2. The molecule has 0 amide bonds. The Hall–Kier alpha value is -4.72. The molecule has 8 nitrogen and oxygen atoms in total. The summed E-state index contributed by atoms with van der Waals surface area (Å²) >= 11 is 0. The van der Waals surface area contributed by atoms with E-state index in [0.29, 0.717) is 56.3 Å². The van der Waals surface area contributed by atoms with Crippen LogP contribution in [0.25, 0.3) is 43.1 Å². The molecular weight excluding hydrogens is 464 g/mol. The molecule has 0 saturated heterocycles. The van der Waals surface area contributed by atoms with Crippen molar-refractivity contribution in [1.29, 1.82) is 0 Å². The summed E-state index contributed by atoms with van der Waals surface area (Å²) in [6.07, 6.45) is 0.831. The largest absolute Gasteiger partial charge is 0.478 e. The van der Waals surface area contributed by atoms with Crippen LogP contribution < -0.4 is 0 Å². The first-order valence-electron chi connectivity index (χ1n) is 11.3. The predicted octanol–water partition coefficient (Wildman–Crippen LogP) is 5.65. The smallest absolute Gasteiger partial charge is 0.336 e. The number of hydrogen-bond donors (Lipinski definition) is 4. The molecule has 0 aliphatic heterocycles. The van der Waals surface area contributed by atoms with Gasteiger partial charge in [0.15, 0.2) is 0 Å². The maximum absolute atomic E-state index is 12.3. The van der Waals surface area contributed by atoms with Crippen LogP contribution in [0.1, 0.15) is 66.4 Å². The topological polar surface area (TPSA) is 149 Å². The van der Waals surface area contributed by atoms with E-state index in [2.05, 4.69) is 0 Å². The fraction of sp³-hybridized carbons (Fsp3) is 0.143. The second-order valence-electron chi connectivity index (χ2n) is 8.67. The van der Waals surface area contributed by atoms with Gasteiger partial charge in [-0.2, -0.15) is 0 Å². The maximum Gasteiger partial charge on any atom is 0.336 e. The molecule has 0 atom stereocenters. The van der Waals surface area contributed by atoms with Gasteiger partial charge in [-0.05, 0) is 80.6 Å². The SMILES string of the molecule is CCc1cc(C(=O)O)c2c(C(=O)O)ccc3c4c(CC)cc(C(=O)O)c5c(C(=O)O)ccc(c1c23)c54. The van der Waals surface area contributed by atoms with Gasteiger partial charge in [0.1, 0.15) is 0 Å². The molecular formula is C28H20O8. The van der Waals surface area contributed by atoms with Gasteiger partial charge in [-0.3, -0.25) is 0 Å². The third-order valence-corrected chi connectivity index (χ3v) is 6.95. The number of benzene rings is 5. The molecule has 0 bridgehead atoms. The first kappa shape index (κ1) is 23.0. The third-order valence-electron chi connectivity index (χ3n) is 6.95. The van der Waals surface area contributed by atoms with Crippen LogP contribution in [0.15, 0.2) is 36.4 Å². The Morgan fingerprint density at radius 1 is 0.500 bits per heavy atom. The second kappa shape index (κ2) is 7.91. The first-order valence-corrected chi connectivity index (χ1v) is 11.3. The minimum absolute atomic E-state index is 0.0881. The minimum Gasteiger partial charge on any atom is -0.478 e. The van der Waals surface area contributed by atoms with E-state index in [0.717, 1.165) is 0 Å². The standard InChI is InChI=1S/C28H20O8/c1-3-11-9-17(27(33)34)21-15(25(29)30)8-6-14-20-12(4-2)10-18(28(35)36)22-16(26(31)32)7-5-13(24(20)22)19(11)23(14)21/h5-10H,3-4H2,1-2H3,(H,29,30)(H,31,32)(H,33,34)(H,35,36). The molecule has 0 aliphatic carbocycles. The van der Waals surface area contributed by atoms with Crippen molar-refractivity contribution in [3.8, 4) is 0 Å². The maximum atomic E-state index is 12.3. The monoisotopic (exact) mass is 484 g/mol. The van der Waals surface area contributed by atoms with E-state index in [1.165, 1.54) is 24.3 Å². The van der Waals surface area contributed by atoms with Crippen LogP contribution >= 0.6 is 0 Å². The summed E-state index contributed by atoms with van der Waals surface area (Å²) in [4.78, 5) is 48.8. The Labute approximate surface area is 203 Å². The molecule has 0 heterocycles. The Balaban J connectivity index is 2.27. The minimum atomic E-state index is -1.27. The number of hydrogen-bond acceptors (Lipinski definition) is 4. The van der Waals surface area contributed by atoms with Crippen molar-refractivity contribution in [2.75, 3.05) is 0 Å². The van der Waals surface area contributed by atoms with Crippen LogP contribution in [-0.2, 0) is 12.8 Å². The van der Waals surface area contributed by atoms with E-state index >= 15 is 0 Å². The zero-order valence-electron chi connectivity index (χ0n) is 19.3. The van der Waals surface area contributed by atoms with Crippen molar-refractivity contribution >= 4 is 67.0 Å². The lowest BCUT2D eigenvalue weighted by molar-refractivity contribution is 0.0681. The summed E-state index contributed by atoms with van der Waals surface area (Å²) in [7, 11) is 0. The summed E-state index contributed by atoms with van der Waals surface area (Å²) in [6.45, 7) is 3.68. The Bertz CT molecular complexity index is 1680. The highest BCUT2D eigenvalue weighted by Gasteiger charge is 2.28. The molecule has 0 fully saturated rings. The van der Waals surface area contributed by atoms with Crippen molar-refractivity contribution in [3.63, 3.8) is 0 Å². The van der Waals surface area contributed by atoms with Crippen LogP contribution in [0.2, 0.25) is 0 Å². The van der Waals surface area contributed by atoms with Crippen LogP contribution in [-0.4, -0.2) is 44.3 Å². The lowest BCUT2D eigenvalue weighted by atomic mass is 9.80. The number of rotatable bonds is 6. The summed E-state index contributed by atoms with van der Waals surface area (Å²) < 4.78 is 0. The van der Waals surface area contributed by atoms with Crippen molar-refractivity contribution in [3.05, 3.63) is 69.8 Å². The van der Waals surface area contributed by atoms with Crippen molar-refractivity contribution in [2.24, 2.45) is 0 Å². The van der Waals surface area contributed by atoms with Crippen LogP contribution in [0.5, 0.6) is 0 Å². The van der Waals surface area contributed by atoms with Gasteiger partial charge in [-0.1, -0.05) is 26.0 Å². The van der Waals surface area contributed by atoms with Gasteiger partial charge in [0.2, 0.25) is 0 Å². The van der Waals surface area contributed by atoms with E-state index < -0.39 is 23.9 Å². The molecule has 0 aliphatic rings. The number of carbonyl (C=O) groups is 4. The summed E-state index contributed by atoms with van der Waals surface area (Å²) in [5.74, 6) is -5.06. The third kappa shape index (κ3) is 2.94. The highest BCUT2D eigenvalue weighted by atomic mass is 16.4. The van der Waals surface area contributed by atoms with Crippen molar-refractivity contribution < 1.29 is 39.6 Å². The van der Waals surface area contributed by atoms with Crippen LogP contribution in [0, 0.1) is 0 Å². The van der Waals surface area contributed by atoms with E-state index in [4.69, 9.17) is 0 Å². The van der Waals surface area contributed by atoms with Gasteiger partial charge in [0.25, 0.3) is 0 Å². The lowest BCUT2D eigenvalue weighted by Crippen LogP contribution is -2.09. The van der Waals surface area contributed by atoms with Gasteiger partial charge in [-0.15, -0.1) is 0 Å². The molecule has 4 N–H and O–H groups in total. The Morgan fingerprint density at radius 2 is 0.833 bits per heavy atom. The van der Waals surface area contributed by atoms with Gasteiger partial charge in [0.05, 0.1) is 22.3 Å². The van der Waals surface area contributed by atoms with Gasteiger partial charge >= 0.3 is 23.9 Å². The number of carboxylic acid groups (broad SMARTS) is 4. The lowest BCUT2D eigenvalue weighted by Gasteiger charge is -2.22. The Kier molecular flexibility index (Phi) is 5.06. The van der Waals surface area contributed by atoms with E-state index in [1.807, 2.05) is 13.8 Å². The molecule has 36 heavy (non-hydrogen) atoms. The molecule has 5 aromatic rings. The molecule has 0 unspecified atom stereocenters. The van der Waals surface area contributed by atoms with Gasteiger partial charge < -0.3 is 20.4 Å². The summed E-state index contributed by atoms with van der Waals surface area (Å²) in [6, 6.07) is 8.82. The van der Waals surface area contributed by atoms with Crippen LogP contribution in [0.4, 0.5) is 0 Å². The first-order chi connectivity index (χ1) is 17.1. The van der Waals surface area contributed by atoms with Crippen molar-refractivity contribution in [1.82, 2.24) is 0 Å². The zero-order chi connectivity index (χ0) is 26.0. The second-order valence-corrected chi connectivity index (χ2v) is 8.67. The molecule has 5 aromatic carbocycles. The number of fused-ring (bicyclic) bond motifs is 2. The van der Waals surface area contributed by atoms with Crippen molar-refractivity contribution in [2.45, 2.75) is 26.7 Å². The number of aryl methyl sites for hydroxylation is 2. The molecule has 0 aromatic heterocycles. The van der Waals surface area contributed by atoms with Gasteiger partial charge in [-0.25, -0.2) is 19.2 Å². The average molecular weight is 484 g/mol. The predicted molar refractivity (Wildman–Crippen MR) is 134 cm³/mol. The van der Waals surface area contributed by atoms with E-state index in [9.17, 15) is 39.6 Å². The molecule has 180 valence electrons.